The third-order valence-electron chi connectivity index (χ3n) is 6.81. The van der Waals surface area contributed by atoms with Crippen molar-refractivity contribution in [2.24, 2.45) is 11.3 Å². The molecule has 0 spiro atoms. The van der Waals surface area contributed by atoms with Gasteiger partial charge in [0.1, 0.15) is 10.8 Å². The van der Waals surface area contributed by atoms with Crippen LogP contribution in [0.15, 0.2) is 29.4 Å². The molecule has 2 aromatic heterocycles. The predicted molar refractivity (Wildman–Crippen MR) is 147 cm³/mol. The quantitative estimate of drug-likeness (QED) is 0.316. The molecule has 38 heavy (non-hydrogen) atoms. The highest BCUT2D eigenvalue weighted by atomic mass is 32.2. The molecule has 0 bridgehead atoms. The highest BCUT2D eigenvalue weighted by Gasteiger charge is 2.34. The average Bonchev–Trinajstić information content (AvgIpc) is 3.45. The van der Waals surface area contributed by atoms with Crippen molar-refractivity contribution in [3.05, 3.63) is 51.7 Å². The molecule has 11 heteroatoms. The Balaban J connectivity index is 1.42. The number of carbonyl (C=O) groups is 3. The van der Waals surface area contributed by atoms with Gasteiger partial charge in [-0.15, -0.1) is 21.5 Å². The maximum atomic E-state index is 12.7. The standard InChI is InChI=1S/C27H32N4O5S2/c1-15-29-30-26(37-6)31(15)18-10-7-16(8-11-18)24(33)36-14-21(32)28-23-22(25(34)35-5)19-12-9-17(27(2,3)4)13-20(19)38-23/h7-8,10-11,17H,9,12-14H2,1-6H3,(H,28,32). The van der Waals surface area contributed by atoms with Crippen LogP contribution in [0.2, 0.25) is 0 Å². The van der Waals surface area contributed by atoms with E-state index < -0.39 is 24.5 Å². The number of aryl methyl sites for hydroxylation is 1. The van der Waals surface area contributed by atoms with Crippen LogP contribution in [0.3, 0.4) is 0 Å². The second-order valence-electron chi connectivity index (χ2n) is 10.2. The van der Waals surface area contributed by atoms with Crippen LogP contribution >= 0.6 is 23.1 Å². The van der Waals surface area contributed by atoms with Gasteiger partial charge >= 0.3 is 11.9 Å². The van der Waals surface area contributed by atoms with E-state index in [0.29, 0.717) is 22.0 Å². The number of anilines is 1. The first-order chi connectivity index (χ1) is 18.0. The predicted octanol–water partition coefficient (Wildman–Crippen LogP) is 5.09. The van der Waals surface area contributed by atoms with Crippen molar-refractivity contribution in [1.82, 2.24) is 14.8 Å². The van der Waals surface area contributed by atoms with Crippen molar-refractivity contribution < 1.29 is 23.9 Å². The molecule has 0 fully saturated rings. The summed E-state index contributed by atoms with van der Waals surface area (Å²) in [6.07, 6.45) is 4.49. The van der Waals surface area contributed by atoms with Gasteiger partial charge in [0, 0.05) is 10.6 Å². The number of nitrogens with zero attached hydrogens (tertiary/aromatic N) is 3. The normalized spacial score (nSPS) is 15.1. The summed E-state index contributed by atoms with van der Waals surface area (Å²) in [6.45, 7) is 8.04. The van der Waals surface area contributed by atoms with Gasteiger partial charge < -0.3 is 14.8 Å². The highest BCUT2D eigenvalue weighted by Crippen LogP contribution is 2.44. The SMILES string of the molecule is COC(=O)c1c(NC(=O)COC(=O)c2ccc(-n3c(C)nnc3SC)cc2)sc2c1CCC(C(C)(C)C)C2. The number of rotatable bonds is 7. The number of benzene rings is 1. The minimum Gasteiger partial charge on any atom is -0.465 e. The summed E-state index contributed by atoms with van der Waals surface area (Å²) >= 11 is 2.87. The van der Waals surface area contributed by atoms with Crippen molar-refractivity contribution in [3.63, 3.8) is 0 Å². The van der Waals surface area contributed by atoms with Crippen molar-refractivity contribution in [2.75, 3.05) is 25.3 Å². The number of esters is 2. The summed E-state index contributed by atoms with van der Waals surface area (Å²) in [7, 11) is 1.33. The zero-order valence-electron chi connectivity index (χ0n) is 22.4. The molecule has 202 valence electrons. The maximum Gasteiger partial charge on any atom is 0.341 e. The van der Waals surface area contributed by atoms with Gasteiger partial charge in [-0.1, -0.05) is 32.5 Å². The Hall–Kier alpha value is -3.18. The van der Waals surface area contributed by atoms with E-state index in [4.69, 9.17) is 9.47 Å². The fourth-order valence-corrected chi connectivity index (χ4v) is 6.50. The lowest BCUT2D eigenvalue weighted by Gasteiger charge is -2.33. The third-order valence-corrected chi connectivity index (χ3v) is 8.60. The Bertz CT molecular complexity index is 1350. The van der Waals surface area contributed by atoms with Crippen molar-refractivity contribution in [3.8, 4) is 5.69 Å². The molecular weight excluding hydrogens is 524 g/mol. The lowest BCUT2D eigenvalue weighted by molar-refractivity contribution is -0.119. The van der Waals surface area contributed by atoms with E-state index in [1.54, 1.807) is 24.3 Å². The number of fused-ring (bicyclic) bond motifs is 1. The van der Waals surface area contributed by atoms with Gasteiger partial charge in [-0.2, -0.15) is 0 Å². The second-order valence-corrected chi connectivity index (χ2v) is 12.1. The van der Waals surface area contributed by atoms with Gasteiger partial charge in [0.2, 0.25) is 0 Å². The van der Waals surface area contributed by atoms with E-state index in [1.807, 2.05) is 17.7 Å². The van der Waals surface area contributed by atoms with E-state index in [-0.39, 0.29) is 5.41 Å². The van der Waals surface area contributed by atoms with Crippen molar-refractivity contribution in [1.29, 1.82) is 0 Å². The van der Waals surface area contributed by atoms with Gasteiger partial charge in [-0.3, -0.25) is 9.36 Å². The monoisotopic (exact) mass is 556 g/mol. The Morgan fingerprint density at radius 3 is 2.50 bits per heavy atom. The lowest BCUT2D eigenvalue weighted by atomic mass is 9.72. The number of methoxy groups -OCH3 is 1. The summed E-state index contributed by atoms with van der Waals surface area (Å²) < 4.78 is 12.2. The smallest absolute Gasteiger partial charge is 0.341 e. The molecule has 1 unspecified atom stereocenters. The zero-order chi connectivity index (χ0) is 27.6. The van der Waals surface area contributed by atoms with Crippen LogP contribution in [0, 0.1) is 18.3 Å². The first-order valence-corrected chi connectivity index (χ1v) is 14.3. The van der Waals surface area contributed by atoms with E-state index in [0.717, 1.165) is 46.4 Å². The summed E-state index contributed by atoms with van der Waals surface area (Å²) in [4.78, 5) is 39.0. The van der Waals surface area contributed by atoms with Crippen LogP contribution in [0.25, 0.3) is 5.69 Å². The van der Waals surface area contributed by atoms with Crippen LogP contribution < -0.4 is 5.32 Å². The minimum atomic E-state index is -0.621. The first kappa shape index (κ1) is 27.8. The largest absolute Gasteiger partial charge is 0.465 e. The molecule has 4 rings (SSSR count). The lowest BCUT2D eigenvalue weighted by Crippen LogP contribution is -2.26. The average molecular weight is 557 g/mol. The molecule has 0 saturated heterocycles. The molecule has 1 aliphatic carbocycles. The fourth-order valence-electron chi connectivity index (χ4n) is 4.63. The highest BCUT2D eigenvalue weighted by molar-refractivity contribution is 7.98. The summed E-state index contributed by atoms with van der Waals surface area (Å²) in [5, 5.41) is 12.2. The number of amides is 1. The maximum absolute atomic E-state index is 12.7. The first-order valence-electron chi connectivity index (χ1n) is 12.3. The van der Waals surface area contributed by atoms with Gasteiger partial charge in [0.25, 0.3) is 5.91 Å². The molecule has 1 amide bonds. The van der Waals surface area contributed by atoms with Gasteiger partial charge in [-0.25, -0.2) is 9.59 Å². The second kappa shape index (κ2) is 11.3. The topological polar surface area (TPSA) is 112 Å². The van der Waals surface area contributed by atoms with E-state index >= 15 is 0 Å². The number of hydrogen-bond donors (Lipinski definition) is 1. The van der Waals surface area contributed by atoms with Crippen LogP contribution in [-0.4, -0.2) is 52.6 Å². The molecule has 1 atom stereocenters. The van der Waals surface area contributed by atoms with E-state index in [2.05, 4.69) is 36.3 Å². The minimum absolute atomic E-state index is 0.147. The Kier molecular flexibility index (Phi) is 8.27. The zero-order valence-corrected chi connectivity index (χ0v) is 24.0. The number of ether oxygens (including phenoxy) is 2. The summed E-state index contributed by atoms with van der Waals surface area (Å²) in [6, 6.07) is 6.81. The fraction of sp³-hybridized carbons (Fsp3) is 0.444. The van der Waals surface area contributed by atoms with Gasteiger partial charge in [-0.05, 0) is 73.6 Å². The van der Waals surface area contributed by atoms with Crippen molar-refractivity contribution >= 4 is 45.9 Å². The van der Waals surface area contributed by atoms with Gasteiger partial charge in [0.15, 0.2) is 11.8 Å². The number of thioether (sulfide) groups is 1. The molecule has 0 saturated carbocycles. The summed E-state index contributed by atoms with van der Waals surface area (Å²) in [5.74, 6) is -0.398. The van der Waals surface area contributed by atoms with Crippen LogP contribution in [0.1, 0.15) is 64.2 Å². The van der Waals surface area contributed by atoms with E-state index in [1.165, 1.54) is 30.2 Å². The molecule has 3 aromatic rings. The Labute approximate surface area is 230 Å². The van der Waals surface area contributed by atoms with Crippen LogP contribution in [0.4, 0.5) is 5.00 Å². The van der Waals surface area contributed by atoms with Gasteiger partial charge in [0.05, 0.1) is 18.2 Å². The number of hydrogen-bond acceptors (Lipinski definition) is 9. The Morgan fingerprint density at radius 1 is 1.16 bits per heavy atom. The molecular formula is C27H32N4O5S2. The number of thiophene rings is 1. The molecule has 1 aromatic carbocycles. The molecule has 0 radical (unpaired) electrons. The third kappa shape index (κ3) is 5.78. The molecule has 1 N–H and O–H groups in total. The van der Waals surface area contributed by atoms with E-state index in [9.17, 15) is 14.4 Å². The summed E-state index contributed by atoms with van der Waals surface area (Å²) in [5.41, 5.74) is 2.63. The van der Waals surface area contributed by atoms with Crippen molar-refractivity contribution in [2.45, 2.75) is 52.1 Å². The number of carbonyl (C=O) groups excluding carboxylic acids is 3. The molecule has 2 heterocycles. The number of nitrogens with one attached hydrogen (secondary N) is 1. The Morgan fingerprint density at radius 2 is 1.87 bits per heavy atom. The number of aromatic nitrogens is 3. The molecule has 1 aliphatic rings. The molecule has 9 nitrogen and oxygen atoms in total. The van der Waals surface area contributed by atoms with Crippen LogP contribution in [0.5, 0.6) is 0 Å². The molecule has 0 aliphatic heterocycles. The van der Waals surface area contributed by atoms with Crippen LogP contribution in [-0.2, 0) is 27.1 Å².